The number of rotatable bonds is 3. The molecule has 21 heavy (non-hydrogen) atoms. The lowest BCUT2D eigenvalue weighted by Crippen LogP contribution is -2.29. The first kappa shape index (κ1) is 19.5. The van der Waals surface area contributed by atoms with Gasteiger partial charge in [0, 0.05) is 19.2 Å². The van der Waals surface area contributed by atoms with Gasteiger partial charge in [0.05, 0.1) is 5.69 Å². The maximum atomic E-state index is 9.82. The fraction of sp³-hybridized carbons (Fsp3) is 0.625. The molecule has 0 aliphatic carbocycles. The van der Waals surface area contributed by atoms with Crippen LogP contribution in [0, 0.1) is 0 Å². The van der Waals surface area contributed by atoms with Gasteiger partial charge in [0.1, 0.15) is 0 Å². The Morgan fingerprint density at radius 2 is 1.95 bits per heavy atom. The van der Waals surface area contributed by atoms with E-state index in [1.165, 1.54) is 43.5 Å². The molecule has 1 aromatic heterocycles. The van der Waals surface area contributed by atoms with Crippen molar-refractivity contribution in [1.29, 1.82) is 0 Å². The summed E-state index contributed by atoms with van der Waals surface area (Å²) in [6.45, 7) is 9.18. The van der Waals surface area contributed by atoms with Crippen molar-refractivity contribution >= 4 is 5.91 Å². The Bertz CT molecular complexity index is 346. The SMILES string of the molecule is CC.CCC(=O)NO.c1ccc(CN2CCCCC2)nc1. The molecule has 120 valence electrons. The molecule has 2 N–H and O–H groups in total. The number of amides is 1. The van der Waals surface area contributed by atoms with Crippen molar-refractivity contribution < 1.29 is 10.0 Å². The van der Waals surface area contributed by atoms with Gasteiger partial charge in [-0.1, -0.05) is 33.3 Å². The Labute approximate surface area is 128 Å². The van der Waals surface area contributed by atoms with Gasteiger partial charge in [-0.3, -0.25) is 19.9 Å². The van der Waals surface area contributed by atoms with E-state index in [4.69, 9.17) is 5.21 Å². The van der Waals surface area contributed by atoms with Gasteiger partial charge < -0.3 is 0 Å². The molecular weight excluding hydrogens is 266 g/mol. The molecule has 0 saturated carbocycles. The van der Waals surface area contributed by atoms with Crippen molar-refractivity contribution in [2.24, 2.45) is 0 Å². The highest BCUT2D eigenvalue weighted by atomic mass is 16.5. The second-order valence-corrected chi connectivity index (χ2v) is 4.55. The van der Waals surface area contributed by atoms with E-state index in [1.807, 2.05) is 26.1 Å². The zero-order valence-corrected chi connectivity index (χ0v) is 13.5. The van der Waals surface area contributed by atoms with Crippen molar-refractivity contribution in [3.05, 3.63) is 30.1 Å². The molecule has 2 heterocycles. The Balaban J connectivity index is 0.000000427. The molecule has 0 unspecified atom stereocenters. The molecule has 1 fully saturated rings. The van der Waals surface area contributed by atoms with Crippen molar-refractivity contribution in [3.63, 3.8) is 0 Å². The third-order valence-electron chi connectivity index (χ3n) is 3.01. The molecule has 5 nitrogen and oxygen atoms in total. The van der Waals surface area contributed by atoms with E-state index in [1.54, 1.807) is 6.92 Å². The van der Waals surface area contributed by atoms with E-state index in [0.29, 0.717) is 6.42 Å². The van der Waals surface area contributed by atoms with Crippen LogP contribution < -0.4 is 5.48 Å². The van der Waals surface area contributed by atoms with Crippen LogP contribution in [0.25, 0.3) is 0 Å². The third kappa shape index (κ3) is 9.98. The molecule has 1 aromatic rings. The average Bonchev–Trinajstić information content (AvgIpc) is 2.58. The Morgan fingerprint density at radius 3 is 2.38 bits per heavy atom. The number of piperidine rings is 1. The van der Waals surface area contributed by atoms with Gasteiger partial charge in [-0.25, -0.2) is 5.48 Å². The lowest BCUT2D eigenvalue weighted by Gasteiger charge is -2.25. The Kier molecular flexibility index (Phi) is 12.6. The zero-order chi connectivity index (χ0) is 15.9. The second-order valence-electron chi connectivity index (χ2n) is 4.55. The largest absolute Gasteiger partial charge is 0.298 e. The number of aromatic nitrogens is 1. The summed E-state index contributed by atoms with van der Waals surface area (Å²) in [5, 5.41) is 7.74. The van der Waals surface area contributed by atoms with Crippen LogP contribution in [-0.2, 0) is 11.3 Å². The predicted molar refractivity (Wildman–Crippen MR) is 84.9 cm³/mol. The normalized spacial score (nSPS) is 14.1. The smallest absolute Gasteiger partial charge is 0.243 e. The Hall–Kier alpha value is -1.46. The molecule has 2 rings (SSSR count). The Morgan fingerprint density at radius 1 is 1.29 bits per heavy atom. The van der Waals surface area contributed by atoms with Crippen LogP contribution in [0.4, 0.5) is 0 Å². The van der Waals surface area contributed by atoms with Crippen LogP contribution in [0.1, 0.15) is 52.1 Å². The van der Waals surface area contributed by atoms with Gasteiger partial charge in [0.2, 0.25) is 5.91 Å². The van der Waals surface area contributed by atoms with E-state index < -0.39 is 0 Å². The van der Waals surface area contributed by atoms with Gasteiger partial charge in [0.25, 0.3) is 0 Å². The number of hydrogen-bond donors (Lipinski definition) is 2. The summed E-state index contributed by atoms with van der Waals surface area (Å²) in [5.41, 5.74) is 2.67. The number of hydroxylamine groups is 1. The first-order valence-corrected chi connectivity index (χ1v) is 7.81. The third-order valence-corrected chi connectivity index (χ3v) is 3.01. The quantitative estimate of drug-likeness (QED) is 0.664. The number of pyridine rings is 1. The summed E-state index contributed by atoms with van der Waals surface area (Å²) >= 11 is 0. The van der Waals surface area contributed by atoms with Gasteiger partial charge in [-0.05, 0) is 38.1 Å². The molecule has 0 aromatic carbocycles. The standard InChI is InChI=1S/C11H16N2.C3H7NO2.C2H6/c1-4-8-13(9-5-1)10-11-6-2-3-7-12-11;1-2-3(5)4-6;1-2/h2-3,6-7H,1,4-5,8-10H2;6H,2H2,1H3,(H,4,5);1-2H3. The lowest BCUT2D eigenvalue weighted by atomic mass is 10.1. The molecule has 1 aliphatic heterocycles. The minimum atomic E-state index is -0.352. The minimum absolute atomic E-state index is 0.330. The summed E-state index contributed by atoms with van der Waals surface area (Å²) in [5.74, 6) is -0.352. The molecule has 5 heteroatoms. The highest BCUT2D eigenvalue weighted by Crippen LogP contribution is 2.11. The first-order chi connectivity index (χ1) is 10.3. The van der Waals surface area contributed by atoms with Crippen molar-refractivity contribution in [2.45, 2.75) is 53.0 Å². The van der Waals surface area contributed by atoms with Gasteiger partial charge in [0.15, 0.2) is 0 Å². The monoisotopic (exact) mass is 295 g/mol. The summed E-state index contributed by atoms with van der Waals surface area (Å²) in [7, 11) is 0. The maximum absolute atomic E-state index is 9.82. The number of nitrogens with zero attached hydrogens (tertiary/aromatic N) is 2. The van der Waals surface area contributed by atoms with Crippen molar-refractivity contribution in [1.82, 2.24) is 15.4 Å². The highest BCUT2D eigenvalue weighted by Gasteiger charge is 2.10. The molecule has 0 bridgehead atoms. The molecular formula is C16H29N3O2. The summed E-state index contributed by atoms with van der Waals surface area (Å²) < 4.78 is 0. The van der Waals surface area contributed by atoms with E-state index in [-0.39, 0.29) is 5.91 Å². The zero-order valence-electron chi connectivity index (χ0n) is 13.5. The fourth-order valence-corrected chi connectivity index (χ4v) is 1.92. The molecule has 0 spiro atoms. The van der Waals surface area contributed by atoms with E-state index in [9.17, 15) is 4.79 Å². The number of carbonyl (C=O) groups excluding carboxylic acids is 1. The topological polar surface area (TPSA) is 65.5 Å². The molecule has 0 atom stereocenters. The van der Waals surface area contributed by atoms with Crippen LogP contribution in [0.3, 0.4) is 0 Å². The van der Waals surface area contributed by atoms with Crippen LogP contribution in [0.5, 0.6) is 0 Å². The van der Waals surface area contributed by atoms with Crippen LogP contribution in [0.15, 0.2) is 24.4 Å². The molecule has 1 amide bonds. The van der Waals surface area contributed by atoms with E-state index >= 15 is 0 Å². The summed E-state index contributed by atoms with van der Waals surface area (Å²) in [6.07, 6.45) is 6.31. The maximum Gasteiger partial charge on any atom is 0.243 e. The summed E-state index contributed by atoms with van der Waals surface area (Å²) in [6, 6.07) is 6.14. The predicted octanol–water partition coefficient (Wildman–Crippen LogP) is 3.00. The summed E-state index contributed by atoms with van der Waals surface area (Å²) in [4.78, 5) is 16.6. The van der Waals surface area contributed by atoms with Crippen LogP contribution in [0.2, 0.25) is 0 Å². The molecule has 0 radical (unpaired) electrons. The van der Waals surface area contributed by atoms with Gasteiger partial charge >= 0.3 is 0 Å². The number of likely N-dealkylation sites (tertiary alicyclic amines) is 1. The van der Waals surface area contributed by atoms with E-state index in [2.05, 4.69) is 22.0 Å². The number of nitrogens with one attached hydrogen (secondary N) is 1. The first-order valence-electron chi connectivity index (χ1n) is 7.81. The number of hydrogen-bond acceptors (Lipinski definition) is 4. The van der Waals surface area contributed by atoms with Crippen molar-refractivity contribution in [2.75, 3.05) is 13.1 Å². The second kappa shape index (κ2) is 13.5. The van der Waals surface area contributed by atoms with Crippen LogP contribution >= 0.6 is 0 Å². The van der Waals surface area contributed by atoms with Crippen LogP contribution in [-0.4, -0.2) is 34.1 Å². The van der Waals surface area contributed by atoms with Gasteiger partial charge in [-0.15, -0.1) is 0 Å². The number of carbonyl (C=O) groups is 1. The highest BCUT2D eigenvalue weighted by molar-refractivity contribution is 5.74. The van der Waals surface area contributed by atoms with Gasteiger partial charge in [-0.2, -0.15) is 0 Å². The molecule has 1 aliphatic rings. The molecule has 1 saturated heterocycles. The minimum Gasteiger partial charge on any atom is -0.298 e. The average molecular weight is 295 g/mol. The lowest BCUT2D eigenvalue weighted by molar-refractivity contribution is -0.128. The van der Waals surface area contributed by atoms with E-state index in [0.717, 1.165) is 6.54 Å². The van der Waals surface area contributed by atoms with Crippen molar-refractivity contribution in [3.8, 4) is 0 Å². The fourth-order valence-electron chi connectivity index (χ4n) is 1.92.